The van der Waals surface area contributed by atoms with E-state index >= 15 is 0 Å². The molecule has 23 heavy (non-hydrogen) atoms. The summed E-state index contributed by atoms with van der Waals surface area (Å²) < 4.78 is 0. The van der Waals surface area contributed by atoms with Crippen molar-refractivity contribution in [1.82, 2.24) is 0 Å². The van der Waals surface area contributed by atoms with E-state index in [0.29, 0.717) is 17.5 Å². The summed E-state index contributed by atoms with van der Waals surface area (Å²) in [5.74, 6) is 0.801. The van der Waals surface area contributed by atoms with E-state index in [9.17, 15) is 14.9 Å². The molecule has 2 fully saturated rings. The maximum Gasteiger partial charge on any atom is 0.271 e. The van der Waals surface area contributed by atoms with Crippen LogP contribution in [0.1, 0.15) is 37.7 Å². The van der Waals surface area contributed by atoms with Crippen molar-refractivity contribution in [2.45, 2.75) is 45.1 Å². The molecule has 2 unspecified atom stereocenters. The van der Waals surface area contributed by atoms with Crippen molar-refractivity contribution >= 4 is 17.3 Å². The van der Waals surface area contributed by atoms with Crippen LogP contribution in [0.15, 0.2) is 18.2 Å². The van der Waals surface area contributed by atoms with Crippen LogP contribution >= 0.6 is 0 Å². The van der Waals surface area contributed by atoms with Gasteiger partial charge in [0.25, 0.3) is 5.69 Å². The molecular weight excluding hydrogens is 294 g/mol. The van der Waals surface area contributed by atoms with Gasteiger partial charge >= 0.3 is 0 Å². The molecule has 0 spiro atoms. The summed E-state index contributed by atoms with van der Waals surface area (Å²) in [5, 5.41) is 13.8. The van der Waals surface area contributed by atoms with Gasteiger partial charge in [-0.25, -0.2) is 0 Å². The Morgan fingerprint density at radius 3 is 2.57 bits per heavy atom. The largest absolute Gasteiger partial charge is 0.327 e. The lowest BCUT2D eigenvalue weighted by molar-refractivity contribution is -0.384. The lowest BCUT2D eigenvalue weighted by Crippen LogP contribution is -2.48. The number of benzene rings is 1. The minimum Gasteiger partial charge on any atom is -0.327 e. The van der Waals surface area contributed by atoms with Crippen molar-refractivity contribution in [3.8, 4) is 0 Å². The Morgan fingerprint density at radius 1 is 1.30 bits per heavy atom. The van der Waals surface area contributed by atoms with Gasteiger partial charge in [0, 0.05) is 24.1 Å². The summed E-state index contributed by atoms with van der Waals surface area (Å²) >= 11 is 0. The first-order chi connectivity index (χ1) is 11.0. The summed E-state index contributed by atoms with van der Waals surface area (Å²) in [5.41, 5.74) is 7.63. The standard InChI is InChI=1S/C17H23N3O3/c1-10-5-6-14(20(22)23)9-15(10)19-17(21)13-7-11-3-2-4-12(8-13)16(11)18/h5-6,9,11-13,16H,2-4,7-8,18H2,1H3,(H,19,21). The zero-order valence-electron chi connectivity index (χ0n) is 13.3. The van der Waals surface area contributed by atoms with Crippen LogP contribution in [0.3, 0.4) is 0 Å². The number of nitrogens with one attached hydrogen (secondary N) is 1. The molecule has 3 N–H and O–H groups in total. The zero-order valence-corrected chi connectivity index (χ0v) is 13.3. The van der Waals surface area contributed by atoms with Gasteiger partial charge < -0.3 is 11.1 Å². The summed E-state index contributed by atoms with van der Waals surface area (Å²) in [6.45, 7) is 1.84. The Bertz CT molecular complexity index is 618. The number of carbonyl (C=O) groups excluding carboxylic acids is 1. The lowest BCUT2D eigenvalue weighted by Gasteiger charge is -2.43. The molecule has 2 bridgehead atoms. The van der Waals surface area contributed by atoms with Crippen LogP contribution in [-0.2, 0) is 4.79 Å². The van der Waals surface area contributed by atoms with E-state index < -0.39 is 4.92 Å². The summed E-state index contributed by atoms with van der Waals surface area (Å²) in [6.07, 6.45) is 5.09. The van der Waals surface area contributed by atoms with Crippen molar-refractivity contribution in [3.05, 3.63) is 33.9 Å². The first kappa shape index (κ1) is 15.9. The monoisotopic (exact) mass is 317 g/mol. The topological polar surface area (TPSA) is 98.3 Å². The van der Waals surface area contributed by atoms with E-state index in [2.05, 4.69) is 5.32 Å². The molecule has 2 saturated carbocycles. The predicted molar refractivity (Wildman–Crippen MR) is 88.0 cm³/mol. The van der Waals surface area contributed by atoms with Gasteiger partial charge in [-0.3, -0.25) is 14.9 Å². The summed E-state index contributed by atoms with van der Waals surface area (Å²) in [4.78, 5) is 23.1. The molecule has 0 saturated heterocycles. The third-order valence-electron chi connectivity index (χ3n) is 5.47. The number of hydrogen-bond donors (Lipinski definition) is 2. The average molecular weight is 317 g/mol. The van der Waals surface area contributed by atoms with Gasteiger partial charge in [0.1, 0.15) is 0 Å². The van der Waals surface area contributed by atoms with Gasteiger partial charge in [0.05, 0.1) is 10.6 Å². The highest BCUT2D eigenvalue weighted by Gasteiger charge is 2.40. The Morgan fingerprint density at radius 2 is 1.96 bits per heavy atom. The number of carbonyl (C=O) groups is 1. The fourth-order valence-electron chi connectivity index (χ4n) is 4.10. The summed E-state index contributed by atoms with van der Waals surface area (Å²) in [7, 11) is 0. The number of rotatable bonds is 3. The smallest absolute Gasteiger partial charge is 0.271 e. The molecule has 2 aliphatic rings. The molecule has 1 aromatic rings. The minimum atomic E-state index is -0.445. The molecule has 2 aliphatic carbocycles. The quantitative estimate of drug-likeness (QED) is 0.661. The van der Waals surface area contributed by atoms with Crippen LogP contribution in [0.4, 0.5) is 11.4 Å². The maximum atomic E-state index is 12.6. The van der Waals surface area contributed by atoms with Crippen LogP contribution in [0.25, 0.3) is 0 Å². The van der Waals surface area contributed by atoms with Crippen molar-refractivity contribution in [2.75, 3.05) is 5.32 Å². The van der Waals surface area contributed by atoms with E-state index in [-0.39, 0.29) is 23.6 Å². The second-order valence-corrected chi connectivity index (χ2v) is 6.94. The van der Waals surface area contributed by atoms with Gasteiger partial charge in [-0.2, -0.15) is 0 Å². The third kappa shape index (κ3) is 3.22. The third-order valence-corrected chi connectivity index (χ3v) is 5.47. The number of hydrogen-bond acceptors (Lipinski definition) is 4. The first-order valence-electron chi connectivity index (χ1n) is 8.27. The molecule has 0 aliphatic heterocycles. The van der Waals surface area contributed by atoms with Crippen LogP contribution in [0, 0.1) is 34.8 Å². The van der Waals surface area contributed by atoms with E-state index in [4.69, 9.17) is 5.73 Å². The van der Waals surface area contributed by atoms with Crippen molar-refractivity contribution in [1.29, 1.82) is 0 Å². The molecule has 0 radical (unpaired) electrons. The number of anilines is 1. The zero-order chi connectivity index (χ0) is 16.6. The molecule has 3 rings (SSSR count). The van der Waals surface area contributed by atoms with Crippen LogP contribution in [0.2, 0.25) is 0 Å². The normalized spacial score (nSPS) is 29.8. The van der Waals surface area contributed by atoms with Crippen LogP contribution in [0.5, 0.6) is 0 Å². The molecule has 0 aromatic heterocycles. The number of nitro groups is 1. The minimum absolute atomic E-state index is 0.00608. The fraction of sp³-hybridized carbons (Fsp3) is 0.588. The molecule has 1 amide bonds. The van der Waals surface area contributed by atoms with Crippen molar-refractivity contribution < 1.29 is 9.72 Å². The highest BCUT2D eigenvalue weighted by Crippen LogP contribution is 2.42. The predicted octanol–water partition coefficient (Wildman–Crippen LogP) is 3.00. The Kier molecular flexibility index (Phi) is 4.35. The molecule has 124 valence electrons. The number of aryl methyl sites for hydroxylation is 1. The van der Waals surface area contributed by atoms with Crippen LogP contribution < -0.4 is 11.1 Å². The van der Waals surface area contributed by atoms with E-state index in [1.165, 1.54) is 18.6 Å². The Hall–Kier alpha value is -1.95. The molecule has 0 heterocycles. The molecule has 2 atom stereocenters. The Labute approximate surface area is 135 Å². The second-order valence-electron chi connectivity index (χ2n) is 6.94. The Balaban J connectivity index is 1.72. The molecule has 6 heteroatoms. The number of nitro benzene ring substituents is 1. The van der Waals surface area contributed by atoms with E-state index in [1.54, 1.807) is 6.07 Å². The van der Waals surface area contributed by atoms with Gasteiger partial charge in [-0.1, -0.05) is 12.5 Å². The number of nitrogens with two attached hydrogens (primary N) is 1. The van der Waals surface area contributed by atoms with Gasteiger partial charge in [0.2, 0.25) is 5.91 Å². The van der Waals surface area contributed by atoms with Gasteiger partial charge in [-0.05, 0) is 50.0 Å². The SMILES string of the molecule is Cc1ccc([N+](=O)[O-])cc1NC(=O)C1CC2CCCC(C1)C2N. The second kappa shape index (κ2) is 6.28. The van der Waals surface area contributed by atoms with Gasteiger partial charge in [-0.15, -0.1) is 0 Å². The highest BCUT2D eigenvalue weighted by atomic mass is 16.6. The fourth-order valence-corrected chi connectivity index (χ4v) is 4.10. The molecule has 1 aromatic carbocycles. The number of nitrogens with zero attached hydrogens (tertiary/aromatic N) is 1. The molecular formula is C17H23N3O3. The number of non-ortho nitro benzene ring substituents is 1. The van der Waals surface area contributed by atoms with E-state index in [0.717, 1.165) is 31.2 Å². The lowest BCUT2D eigenvalue weighted by atomic mass is 9.65. The van der Waals surface area contributed by atoms with Crippen LogP contribution in [-0.4, -0.2) is 16.9 Å². The number of fused-ring (bicyclic) bond motifs is 2. The first-order valence-corrected chi connectivity index (χ1v) is 8.27. The van der Waals surface area contributed by atoms with Crippen molar-refractivity contribution in [3.63, 3.8) is 0 Å². The summed E-state index contributed by atoms with van der Waals surface area (Å²) in [6, 6.07) is 4.78. The highest BCUT2D eigenvalue weighted by molar-refractivity contribution is 5.93. The average Bonchev–Trinajstić information content (AvgIpc) is 2.48. The number of amides is 1. The van der Waals surface area contributed by atoms with Crippen molar-refractivity contribution in [2.24, 2.45) is 23.5 Å². The van der Waals surface area contributed by atoms with Gasteiger partial charge in [0.15, 0.2) is 0 Å². The maximum absolute atomic E-state index is 12.6. The van der Waals surface area contributed by atoms with E-state index in [1.807, 2.05) is 6.92 Å². The molecule has 6 nitrogen and oxygen atoms in total.